The molecule has 0 aliphatic heterocycles. The third-order valence-corrected chi connectivity index (χ3v) is 5.24. The van der Waals surface area contributed by atoms with Crippen LogP contribution in [-0.4, -0.2) is 20.9 Å². The minimum absolute atomic E-state index is 0.141. The number of hydrogen-bond acceptors (Lipinski definition) is 3. The van der Waals surface area contributed by atoms with Gasteiger partial charge in [-0.05, 0) is 43.0 Å². The van der Waals surface area contributed by atoms with E-state index in [9.17, 15) is 13.2 Å². The van der Waals surface area contributed by atoms with Gasteiger partial charge in [0.05, 0.1) is 12.3 Å². The Morgan fingerprint density at radius 3 is 2.44 bits per heavy atom. The molecule has 0 aliphatic rings. The molecule has 0 radical (unpaired) electrons. The maximum Gasteiger partial charge on any atom is 0.239 e. The monoisotopic (exact) mass is 360 g/mol. The molecule has 0 unspecified atom stereocenters. The summed E-state index contributed by atoms with van der Waals surface area (Å²) in [7, 11) is -3.58. The van der Waals surface area contributed by atoms with Gasteiger partial charge in [-0.3, -0.25) is 4.79 Å². The highest BCUT2D eigenvalue weighted by Crippen LogP contribution is 2.15. The van der Waals surface area contributed by atoms with E-state index >= 15 is 0 Å². The number of benzene rings is 2. The standard InChI is InChI=1S/C19H24N2O3S/c1-4-16-7-5-6-8-18(16)21-19(22)12-20-25(23,24)13-17-10-9-14(2)11-15(17)3/h5-11,20H,4,12-13H2,1-3H3,(H,21,22). The summed E-state index contributed by atoms with van der Waals surface area (Å²) < 4.78 is 26.8. The van der Waals surface area contributed by atoms with Crippen LogP contribution in [0.5, 0.6) is 0 Å². The van der Waals surface area contributed by atoms with Crippen LogP contribution in [-0.2, 0) is 27.0 Å². The predicted molar refractivity (Wildman–Crippen MR) is 101 cm³/mol. The van der Waals surface area contributed by atoms with Crippen LogP contribution in [0.4, 0.5) is 5.69 Å². The number of rotatable bonds is 7. The van der Waals surface area contributed by atoms with Crippen LogP contribution in [0.3, 0.4) is 0 Å². The second kappa shape index (κ2) is 8.27. The van der Waals surface area contributed by atoms with Crippen molar-refractivity contribution in [3.63, 3.8) is 0 Å². The van der Waals surface area contributed by atoms with Crippen molar-refractivity contribution >= 4 is 21.6 Å². The van der Waals surface area contributed by atoms with Crippen molar-refractivity contribution < 1.29 is 13.2 Å². The summed E-state index contributed by atoms with van der Waals surface area (Å²) in [5.74, 6) is -0.525. The summed E-state index contributed by atoms with van der Waals surface area (Å²) in [6, 6.07) is 13.1. The molecule has 6 heteroatoms. The lowest BCUT2D eigenvalue weighted by atomic mass is 10.1. The SMILES string of the molecule is CCc1ccccc1NC(=O)CNS(=O)(=O)Cc1ccc(C)cc1C. The van der Waals surface area contributed by atoms with Crippen LogP contribution in [0.25, 0.3) is 0 Å². The van der Waals surface area contributed by atoms with Gasteiger partial charge in [-0.2, -0.15) is 0 Å². The Hall–Kier alpha value is -2.18. The molecule has 0 atom stereocenters. The van der Waals surface area contributed by atoms with Gasteiger partial charge < -0.3 is 5.32 Å². The third-order valence-electron chi connectivity index (χ3n) is 3.97. The van der Waals surface area contributed by atoms with Crippen LogP contribution in [0, 0.1) is 13.8 Å². The number of nitrogens with one attached hydrogen (secondary N) is 2. The minimum atomic E-state index is -3.58. The van der Waals surface area contributed by atoms with Crippen molar-refractivity contribution in [3.8, 4) is 0 Å². The van der Waals surface area contributed by atoms with Crippen molar-refractivity contribution in [1.82, 2.24) is 4.72 Å². The molecule has 1 amide bonds. The Kier molecular flexibility index (Phi) is 6.33. The number of hydrogen-bond donors (Lipinski definition) is 2. The van der Waals surface area contributed by atoms with Gasteiger partial charge in [-0.15, -0.1) is 0 Å². The van der Waals surface area contributed by atoms with Gasteiger partial charge in [0.25, 0.3) is 0 Å². The van der Waals surface area contributed by atoms with E-state index in [0.717, 1.165) is 28.7 Å². The van der Waals surface area contributed by atoms with Crippen molar-refractivity contribution in [1.29, 1.82) is 0 Å². The molecular formula is C19H24N2O3S. The first kappa shape index (κ1) is 19.1. The molecule has 0 saturated carbocycles. The molecule has 2 N–H and O–H groups in total. The summed E-state index contributed by atoms with van der Waals surface area (Å²) in [4.78, 5) is 12.1. The molecule has 25 heavy (non-hydrogen) atoms. The van der Waals surface area contributed by atoms with Crippen LogP contribution in [0.15, 0.2) is 42.5 Å². The topological polar surface area (TPSA) is 75.3 Å². The van der Waals surface area contributed by atoms with E-state index in [-0.39, 0.29) is 18.2 Å². The highest BCUT2D eigenvalue weighted by molar-refractivity contribution is 7.88. The molecule has 2 rings (SSSR count). The lowest BCUT2D eigenvalue weighted by Crippen LogP contribution is -2.34. The van der Waals surface area contributed by atoms with Gasteiger partial charge >= 0.3 is 0 Å². The molecule has 5 nitrogen and oxygen atoms in total. The zero-order valence-electron chi connectivity index (χ0n) is 14.8. The second-order valence-corrected chi connectivity index (χ2v) is 7.88. The maximum absolute atomic E-state index is 12.2. The first-order valence-electron chi connectivity index (χ1n) is 8.22. The van der Waals surface area contributed by atoms with Gasteiger partial charge in [0, 0.05) is 5.69 Å². The average Bonchev–Trinajstić information content (AvgIpc) is 2.56. The lowest BCUT2D eigenvalue weighted by molar-refractivity contribution is -0.115. The molecular weight excluding hydrogens is 336 g/mol. The summed E-state index contributed by atoms with van der Waals surface area (Å²) >= 11 is 0. The molecule has 134 valence electrons. The van der Waals surface area contributed by atoms with Crippen molar-refractivity contribution in [2.75, 3.05) is 11.9 Å². The van der Waals surface area contributed by atoms with Gasteiger partial charge in [0.15, 0.2) is 0 Å². The van der Waals surface area contributed by atoms with E-state index in [1.54, 1.807) is 6.07 Å². The van der Waals surface area contributed by atoms with Gasteiger partial charge in [-0.25, -0.2) is 13.1 Å². The first-order chi connectivity index (χ1) is 11.8. The molecule has 2 aromatic rings. The van der Waals surface area contributed by atoms with E-state index in [4.69, 9.17) is 0 Å². The Labute approximate surface area is 149 Å². The predicted octanol–water partition coefficient (Wildman–Crippen LogP) is 2.92. The van der Waals surface area contributed by atoms with Gasteiger partial charge in [-0.1, -0.05) is 48.9 Å². The molecule has 0 spiro atoms. The van der Waals surface area contributed by atoms with Crippen LogP contribution in [0.2, 0.25) is 0 Å². The lowest BCUT2D eigenvalue weighted by Gasteiger charge is -2.11. The van der Waals surface area contributed by atoms with E-state index < -0.39 is 10.0 Å². The summed E-state index contributed by atoms with van der Waals surface area (Å²) in [5, 5.41) is 2.75. The fourth-order valence-electron chi connectivity index (χ4n) is 2.58. The smallest absolute Gasteiger partial charge is 0.239 e. The summed E-state index contributed by atoms with van der Waals surface area (Å²) in [6.07, 6.45) is 0.787. The van der Waals surface area contributed by atoms with Gasteiger partial charge in [0.1, 0.15) is 0 Å². The number of aryl methyl sites for hydroxylation is 3. The molecule has 0 aromatic heterocycles. The van der Waals surface area contributed by atoms with Gasteiger partial charge in [0.2, 0.25) is 15.9 Å². The number of sulfonamides is 1. The third kappa shape index (κ3) is 5.69. The number of amides is 1. The average molecular weight is 360 g/mol. The second-order valence-electron chi connectivity index (χ2n) is 6.07. The Morgan fingerprint density at radius 1 is 1.04 bits per heavy atom. The fourth-order valence-corrected chi connectivity index (χ4v) is 3.77. The van der Waals surface area contributed by atoms with Crippen molar-refractivity contribution in [2.24, 2.45) is 0 Å². The van der Waals surface area contributed by atoms with Crippen LogP contribution >= 0.6 is 0 Å². The normalized spacial score (nSPS) is 11.3. The zero-order chi connectivity index (χ0) is 18.4. The number of carbonyl (C=O) groups excluding carboxylic acids is 1. The number of carbonyl (C=O) groups is 1. The molecule has 0 bridgehead atoms. The number of para-hydroxylation sites is 1. The Bertz CT molecular complexity index is 861. The zero-order valence-corrected chi connectivity index (χ0v) is 15.6. The Balaban J connectivity index is 1.96. The highest BCUT2D eigenvalue weighted by atomic mass is 32.2. The van der Waals surface area contributed by atoms with E-state index in [1.807, 2.05) is 57.2 Å². The van der Waals surface area contributed by atoms with Crippen molar-refractivity contribution in [3.05, 3.63) is 64.7 Å². The van der Waals surface area contributed by atoms with E-state index in [1.165, 1.54) is 0 Å². The number of anilines is 1. The molecule has 0 heterocycles. The Morgan fingerprint density at radius 2 is 1.76 bits per heavy atom. The first-order valence-corrected chi connectivity index (χ1v) is 9.87. The minimum Gasteiger partial charge on any atom is -0.325 e. The van der Waals surface area contributed by atoms with E-state index in [0.29, 0.717) is 5.69 Å². The van der Waals surface area contributed by atoms with Crippen LogP contribution in [0.1, 0.15) is 29.2 Å². The highest BCUT2D eigenvalue weighted by Gasteiger charge is 2.15. The quantitative estimate of drug-likeness (QED) is 0.797. The van der Waals surface area contributed by atoms with E-state index in [2.05, 4.69) is 10.0 Å². The van der Waals surface area contributed by atoms with Crippen LogP contribution < -0.4 is 10.0 Å². The largest absolute Gasteiger partial charge is 0.325 e. The molecule has 0 fully saturated rings. The molecule has 0 aliphatic carbocycles. The summed E-state index contributed by atoms with van der Waals surface area (Å²) in [5.41, 5.74) is 4.46. The molecule has 0 saturated heterocycles. The molecule has 2 aromatic carbocycles. The summed E-state index contributed by atoms with van der Waals surface area (Å²) in [6.45, 7) is 5.55. The maximum atomic E-state index is 12.2. The van der Waals surface area contributed by atoms with Crippen molar-refractivity contribution in [2.45, 2.75) is 32.9 Å². The fraction of sp³-hybridized carbons (Fsp3) is 0.316.